The summed E-state index contributed by atoms with van der Waals surface area (Å²) < 4.78 is 33.2. The van der Waals surface area contributed by atoms with Crippen molar-refractivity contribution in [3.05, 3.63) is 30.2 Å². The van der Waals surface area contributed by atoms with Crippen LogP contribution in [0.25, 0.3) is 11.5 Å². The first-order valence-electron chi connectivity index (χ1n) is 6.40. The predicted molar refractivity (Wildman–Crippen MR) is 73.3 cm³/mol. The van der Waals surface area contributed by atoms with Crippen LogP contribution in [0.15, 0.2) is 33.4 Å². The monoisotopic (exact) mass is 310 g/mol. The van der Waals surface area contributed by atoms with E-state index in [2.05, 4.69) is 10.5 Å². The van der Waals surface area contributed by atoms with Gasteiger partial charge in [0.2, 0.25) is 5.76 Å². The minimum absolute atomic E-state index is 0.0609. The molecular weight excluding hydrogens is 296 g/mol. The van der Waals surface area contributed by atoms with Crippen LogP contribution in [0, 0.1) is 0 Å². The molecule has 0 aliphatic carbocycles. The van der Waals surface area contributed by atoms with Gasteiger partial charge in [-0.25, -0.2) is 8.42 Å². The molecular formula is C13H14N2O5S. The van der Waals surface area contributed by atoms with Crippen LogP contribution in [-0.2, 0) is 9.84 Å². The highest BCUT2D eigenvalue weighted by molar-refractivity contribution is 7.91. The van der Waals surface area contributed by atoms with E-state index in [4.69, 9.17) is 8.94 Å². The molecule has 112 valence electrons. The average molecular weight is 310 g/mol. The highest BCUT2D eigenvalue weighted by Gasteiger charge is 2.40. The van der Waals surface area contributed by atoms with E-state index >= 15 is 0 Å². The molecule has 8 heteroatoms. The third-order valence-corrected chi connectivity index (χ3v) is 5.33. The second-order valence-electron chi connectivity index (χ2n) is 5.41. The van der Waals surface area contributed by atoms with Crippen LogP contribution in [0.2, 0.25) is 0 Å². The van der Waals surface area contributed by atoms with Gasteiger partial charge in [0.05, 0.1) is 23.3 Å². The Morgan fingerprint density at radius 2 is 2.24 bits per heavy atom. The summed E-state index contributed by atoms with van der Waals surface area (Å²) in [6.45, 7) is 1.71. The van der Waals surface area contributed by atoms with E-state index in [1.165, 1.54) is 12.3 Å². The Hall–Kier alpha value is -2.09. The van der Waals surface area contributed by atoms with E-state index < -0.39 is 21.3 Å². The molecule has 2 aromatic heterocycles. The molecule has 1 aliphatic heterocycles. The summed E-state index contributed by atoms with van der Waals surface area (Å²) in [5, 5.41) is 6.40. The van der Waals surface area contributed by atoms with Crippen molar-refractivity contribution in [3.8, 4) is 11.5 Å². The topological polar surface area (TPSA) is 102 Å². The molecule has 2 aromatic rings. The number of carbonyl (C=O) groups is 1. The maximum absolute atomic E-state index is 12.1. The Bertz CT molecular complexity index is 762. The van der Waals surface area contributed by atoms with Gasteiger partial charge >= 0.3 is 0 Å². The molecule has 0 spiro atoms. The maximum atomic E-state index is 12.1. The van der Waals surface area contributed by atoms with Gasteiger partial charge in [-0.05, 0) is 25.5 Å². The summed E-state index contributed by atoms with van der Waals surface area (Å²) in [5.41, 5.74) is -0.674. The lowest BCUT2D eigenvalue weighted by Crippen LogP contribution is -2.47. The molecule has 0 bridgehead atoms. The lowest BCUT2D eigenvalue weighted by molar-refractivity contribution is 0.0906. The number of hydrogen-bond donors (Lipinski definition) is 1. The zero-order chi connectivity index (χ0) is 15.1. The minimum Gasteiger partial charge on any atom is -0.461 e. The van der Waals surface area contributed by atoms with Crippen LogP contribution in [0.1, 0.15) is 23.8 Å². The van der Waals surface area contributed by atoms with Crippen LogP contribution in [0.3, 0.4) is 0 Å². The Labute approximate surface area is 121 Å². The normalized spacial score (nSPS) is 24.0. The molecule has 1 unspecified atom stereocenters. The maximum Gasteiger partial charge on any atom is 0.273 e. The van der Waals surface area contributed by atoms with E-state index in [9.17, 15) is 13.2 Å². The lowest BCUT2D eigenvalue weighted by atomic mass is 10.0. The summed E-state index contributed by atoms with van der Waals surface area (Å²) >= 11 is 0. The highest BCUT2D eigenvalue weighted by Crippen LogP contribution is 2.24. The fraction of sp³-hybridized carbons (Fsp3) is 0.385. The van der Waals surface area contributed by atoms with Gasteiger partial charge < -0.3 is 14.3 Å². The number of aromatic nitrogens is 1. The van der Waals surface area contributed by atoms with E-state index in [1.807, 2.05) is 0 Å². The number of sulfone groups is 1. The number of furan rings is 1. The highest BCUT2D eigenvalue weighted by atomic mass is 32.2. The number of nitrogens with zero attached hydrogens (tertiary/aromatic N) is 1. The van der Waals surface area contributed by atoms with E-state index in [-0.39, 0.29) is 17.2 Å². The fourth-order valence-electron chi connectivity index (χ4n) is 2.36. The van der Waals surface area contributed by atoms with Gasteiger partial charge in [0.15, 0.2) is 21.3 Å². The van der Waals surface area contributed by atoms with Crippen molar-refractivity contribution in [2.45, 2.75) is 18.9 Å². The van der Waals surface area contributed by atoms with E-state index in [0.717, 1.165) is 0 Å². The summed E-state index contributed by atoms with van der Waals surface area (Å²) in [6, 6.07) is 4.84. The first-order chi connectivity index (χ1) is 9.87. The van der Waals surface area contributed by atoms with Gasteiger partial charge in [0.25, 0.3) is 5.91 Å². The summed E-state index contributed by atoms with van der Waals surface area (Å²) in [6.07, 6.45) is 1.88. The molecule has 1 fully saturated rings. The molecule has 1 amide bonds. The predicted octanol–water partition coefficient (Wildman–Crippen LogP) is 1.24. The summed E-state index contributed by atoms with van der Waals surface area (Å²) in [4.78, 5) is 12.1. The van der Waals surface area contributed by atoms with Crippen molar-refractivity contribution in [3.63, 3.8) is 0 Å². The van der Waals surface area contributed by atoms with Gasteiger partial charge in [-0.15, -0.1) is 0 Å². The molecule has 21 heavy (non-hydrogen) atoms. The van der Waals surface area contributed by atoms with Gasteiger partial charge in [-0.1, -0.05) is 5.16 Å². The van der Waals surface area contributed by atoms with Gasteiger partial charge in [-0.3, -0.25) is 4.79 Å². The van der Waals surface area contributed by atoms with Crippen LogP contribution in [-0.4, -0.2) is 36.5 Å². The molecule has 1 N–H and O–H groups in total. The number of amides is 1. The number of hydrogen-bond acceptors (Lipinski definition) is 6. The van der Waals surface area contributed by atoms with Crippen molar-refractivity contribution in [1.29, 1.82) is 0 Å². The van der Waals surface area contributed by atoms with Gasteiger partial charge in [0, 0.05) is 6.07 Å². The average Bonchev–Trinajstić information content (AvgIpc) is 3.09. The third-order valence-electron chi connectivity index (χ3n) is 3.43. The van der Waals surface area contributed by atoms with Gasteiger partial charge in [-0.2, -0.15) is 0 Å². The first-order valence-corrected chi connectivity index (χ1v) is 8.23. The van der Waals surface area contributed by atoms with Crippen molar-refractivity contribution in [2.75, 3.05) is 11.5 Å². The van der Waals surface area contributed by atoms with Crippen molar-refractivity contribution in [2.24, 2.45) is 0 Å². The van der Waals surface area contributed by atoms with E-state index in [0.29, 0.717) is 17.9 Å². The lowest BCUT2D eigenvalue weighted by Gasteiger charge is -2.22. The number of nitrogens with one attached hydrogen (secondary N) is 1. The summed E-state index contributed by atoms with van der Waals surface area (Å²) in [7, 11) is -3.09. The standard InChI is InChI=1S/C13H14N2O5S/c1-13(4-6-21(17,18)8-13)14-12(16)9-7-11(20-15-9)10-3-2-5-19-10/h2-3,5,7H,4,6,8H2,1H3,(H,14,16). The minimum atomic E-state index is -3.09. The van der Waals surface area contributed by atoms with Crippen molar-refractivity contribution >= 4 is 15.7 Å². The Morgan fingerprint density at radius 3 is 2.86 bits per heavy atom. The zero-order valence-electron chi connectivity index (χ0n) is 11.3. The molecule has 1 aliphatic rings. The third kappa shape index (κ3) is 2.85. The molecule has 3 heterocycles. The van der Waals surface area contributed by atoms with E-state index in [1.54, 1.807) is 19.1 Å². The molecule has 1 saturated heterocycles. The first kappa shape index (κ1) is 13.9. The summed E-state index contributed by atoms with van der Waals surface area (Å²) in [5.74, 6) is 0.371. The zero-order valence-corrected chi connectivity index (χ0v) is 12.1. The molecule has 0 aromatic carbocycles. The fourth-order valence-corrected chi connectivity index (χ4v) is 4.46. The number of rotatable bonds is 3. The van der Waals surface area contributed by atoms with Crippen LogP contribution in [0.4, 0.5) is 0 Å². The second kappa shape index (κ2) is 4.73. The molecule has 0 saturated carbocycles. The molecule has 3 rings (SSSR count). The van der Waals surface area contributed by atoms with Crippen LogP contribution in [0.5, 0.6) is 0 Å². The Morgan fingerprint density at radius 1 is 1.43 bits per heavy atom. The number of carbonyl (C=O) groups excluding carboxylic acids is 1. The SMILES string of the molecule is CC1(NC(=O)c2cc(-c3ccco3)on2)CCS(=O)(=O)C1. The van der Waals surface area contributed by atoms with Crippen LogP contribution >= 0.6 is 0 Å². The smallest absolute Gasteiger partial charge is 0.273 e. The molecule has 1 atom stereocenters. The largest absolute Gasteiger partial charge is 0.461 e. The van der Waals surface area contributed by atoms with Crippen molar-refractivity contribution in [1.82, 2.24) is 10.5 Å². The second-order valence-corrected chi connectivity index (χ2v) is 7.59. The Balaban J connectivity index is 1.75. The van der Waals surface area contributed by atoms with Crippen molar-refractivity contribution < 1.29 is 22.2 Å². The quantitative estimate of drug-likeness (QED) is 0.915. The molecule has 7 nitrogen and oxygen atoms in total. The van der Waals surface area contributed by atoms with Gasteiger partial charge in [0.1, 0.15) is 0 Å². The van der Waals surface area contributed by atoms with Crippen LogP contribution < -0.4 is 5.32 Å². The Kier molecular flexibility index (Phi) is 3.12. The molecule has 0 radical (unpaired) electrons.